The van der Waals surface area contributed by atoms with Gasteiger partial charge in [-0.3, -0.25) is 4.79 Å². The predicted molar refractivity (Wildman–Crippen MR) is 78.8 cm³/mol. The van der Waals surface area contributed by atoms with Crippen molar-refractivity contribution in [2.75, 3.05) is 0 Å². The number of carboxylic acid groups (broad SMARTS) is 1. The molecule has 3 heteroatoms. The van der Waals surface area contributed by atoms with E-state index in [0.29, 0.717) is 0 Å². The van der Waals surface area contributed by atoms with Crippen LogP contribution in [0.5, 0.6) is 0 Å². The number of carbonyl (C=O) groups is 1. The molecular formula is C17H15NO2. The molecule has 0 saturated heterocycles. The lowest BCUT2D eigenvalue weighted by molar-refractivity contribution is -0.137. The molecule has 1 aromatic heterocycles. The van der Waals surface area contributed by atoms with Gasteiger partial charge in [-0.25, -0.2) is 0 Å². The standard InChI is InChI=1S/C17H15NO2/c19-17(20)12-16(18-10-3-4-11-18)15-9-5-7-13-6-1-2-8-14(13)15/h1-11,16H,12H2,(H,19,20)/t16-/m0/s1. The van der Waals surface area contributed by atoms with Gasteiger partial charge >= 0.3 is 5.97 Å². The summed E-state index contributed by atoms with van der Waals surface area (Å²) >= 11 is 0. The summed E-state index contributed by atoms with van der Waals surface area (Å²) in [5.41, 5.74) is 1.04. The van der Waals surface area contributed by atoms with Crippen molar-refractivity contribution in [2.45, 2.75) is 12.5 Å². The molecule has 3 aromatic rings. The van der Waals surface area contributed by atoms with Crippen molar-refractivity contribution in [3.05, 3.63) is 72.6 Å². The Bertz CT molecular complexity index is 726. The minimum absolute atomic E-state index is 0.0721. The van der Waals surface area contributed by atoms with Crippen molar-refractivity contribution in [3.63, 3.8) is 0 Å². The van der Waals surface area contributed by atoms with Crippen molar-refractivity contribution >= 4 is 16.7 Å². The highest BCUT2D eigenvalue weighted by Crippen LogP contribution is 2.29. The second-order valence-electron chi connectivity index (χ2n) is 4.81. The van der Waals surface area contributed by atoms with E-state index in [1.54, 1.807) is 0 Å². The van der Waals surface area contributed by atoms with E-state index < -0.39 is 5.97 Å². The number of hydrogen-bond donors (Lipinski definition) is 1. The van der Waals surface area contributed by atoms with Crippen LogP contribution in [0.3, 0.4) is 0 Å². The Morgan fingerprint density at radius 1 is 1.00 bits per heavy atom. The number of rotatable bonds is 4. The number of hydrogen-bond acceptors (Lipinski definition) is 1. The van der Waals surface area contributed by atoms with E-state index in [1.807, 2.05) is 71.6 Å². The minimum Gasteiger partial charge on any atom is -0.481 e. The normalized spacial score (nSPS) is 12.4. The van der Waals surface area contributed by atoms with E-state index in [1.165, 1.54) is 0 Å². The van der Waals surface area contributed by atoms with Crippen LogP contribution < -0.4 is 0 Å². The fraction of sp³-hybridized carbons (Fsp3) is 0.118. The molecule has 0 saturated carbocycles. The highest BCUT2D eigenvalue weighted by molar-refractivity contribution is 5.86. The largest absolute Gasteiger partial charge is 0.481 e. The first kappa shape index (κ1) is 12.5. The van der Waals surface area contributed by atoms with Gasteiger partial charge in [0, 0.05) is 12.4 Å². The summed E-state index contributed by atoms with van der Waals surface area (Å²) in [4.78, 5) is 11.2. The molecule has 1 N–H and O–H groups in total. The molecule has 1 atom stereocenters. The third kappa shape index (κ3) is 2.30. The van der Waals surface area contributed by atoms with Crippen LogP contribution in [-0.2, 0) is 4.79 Å². The zero-order valence-corrected chi connectivity index (χ0v) is 10.9. The quantitative estimate of drug-likeness (QED) is 0.781. The van der Waals surface area contributed by atoms with Crippen molar-refractivity contribution in [1.82, 2.24) is 4.57 Å². The monoisotopic (exact) mass is 265 g/mol. The number of fused-ring (bicyclic) bond motifs is 1. The smallest absolute Gasteiger partial charge is 0.305 e. The van der Waals surface area contributed by atoms with Crippen LogP contribution >= 0.6 is 0 Å². The Labute approximate surface area is 117 Å². The Hall–Kier alpha value is -2.55. The van der Waals surface area contributed by atoms with Gasteiger partial charge in [-0.1, -0.05) is 42.5 Å². The molecule has 0 aliphatic rings. The molecule has 0 radical (unpaired) electrons. The van der Waals surface area contributed by atoms with Gasteiger partial charge in [0.1, 0.15) is 0 Å². The van der Waals surface area contributed by atoms with Gasteiger partial charge in [-0.05, 0) is 28.5 Å². The first-order chi connectivity index (χ1) is 9.75. The average Bonchev–Trinajstić information content (AvgIpc) is 2.98. The Kier molecular flexibility index (Phi) is 3.25. The molecule has 2 aromatic carbocycles. The molecule has 0 aliphatic carbocycles. The van der Waals surface area contributed by atoms with E-state index in [4.69, 9.17) is 0 Å². The van der Waals surface area contributed by atoms with Crippen molar-refractivity contribution in [1.29, 1.82) is 0 Å². The summed E-state index contributed by atoms with van der Waals surface area (Å²) in [6.07, 6.45) is 3.90. The lowest BCUT2D eigenvalue weighted by Crippen LogP contribution is -2.14. The third-order valence-corrected chi connectivity index (χ3v) is 3.54. The Morgan fingerprint density at radius 3 is 2.45 bits per heavy atom. The Morgan fingerprint density at radius 2 is 1.70 bits per heavy atom. The Balaban J connectivity index is 2.16. The molecule has 0 aliphatic heterocycles. The zero-order valence-electron chi connectivity index (χ0n) is 10.9. The van der Waals surface area contributed by atoms with Gasteiger partial charge < -0.3 is 9.67 Å². The van der Waals surface area contributed by atoms with E-state index in [2.05, 4.69) is 0 Å². The summed E-state index contributed by atoms with van der Waals surface area (Å²) in [5, 5.41) is 11.4. The molecular weight excluding hydrogens is 250 g/mol. The van der Waals surface area contributed by atoms with Crippen LogP contribution in [0.4, 0.5) is 0 Å². The van der Waals surface area contributed by atoms with Gasteiger partial charge in [-0.2, -0.15) is 0 Å². The first-order valence-electron chi connectivity index (χ1n) is 6.57. The van der Waals surface area contributed by atoms with Gasteiger partial charge in [-0.15, -0.1) is 0 Å². The fourth-order valence-electron chi connectivity index (χ4n) is 2.64. The second-order valence-corrected chi connectivity index (χ2v) is 4.81. The van der Waals surface area contributed by atoms with E-state index in [9.17, 15) is 9.90 Å². The molecule has 0 spiro atoms. The van der Waals surface area contributed by atoms with Crippen molar-refractivity contribution in [2.24, 2.45) is 0 Å². The highest BCUT2D eigenvalue weighted by Gasteiger charge is 2.18. The molecule has 3 nitrogen and oxygen atoms in total. The molecule has 100 valence electrons. The number of benzene rings is 2. The van der Waals surface area contributed by atoms with Crippen LogP contribution in [-0.4, -0.2) is 15.6 Å². The lowest BCUT2D eigenvalue weighted by Gasteiger charge is -2.19. The van der Waals surface area contributed by atoms with E-state index >= 15 is 0 Å². The number of aromatic nitrogens is 1. The summed E-state index contributed by atoms with van der Waals surface area (Å²) in [7, 11) is 0. The molecule has 0 bridgehead atoms. The number of nitrogens with zero attached hydrogens (tertiary/aromatic N) is 1. The summed E-state index contributed by atoms with van der Waals surface area (Å²) in [6.45, 7) is 0. The molecule has 20 heavy (non-hydrogen) atoms. The minimum atomic E-state index is -0.795. The first-order valence-corrected chi connectivity index (χ1v) is 6.57. The van der Waals surface area contributed by atoms with Gasteiger partial charge in [0.2, 0.25) is 0 Å². The van der Waals surface area contributed by atoms with Gasteiger partial charge in [0.15, 0.2) is 0 Å². The lowest BCUT2D eigenvalue weighted by atomic mass is 9.96. The maximum Gasteiger partial charge on any atom is 0.305 e. The van der Waals surface area contributed by atoms with Crippen LogP contribution in [0.1, 0.15) is 18.0 Å². The second kappa shape index (κ2) is 5.21. The highest BCUT2D eigenvalue weighted by atomic mass is 16.4. The van der Waals surface area contributed by atoms with Crippen LogP contribution in [0.2, 0.25) is 0 Å². The topological polar surface area (TPSA) is 42.2 Å². The maximum atomic E-state index is 11.2. The van der Waals surface area contributed by atoms with Crippen LogP contribution in [0, 0.1) is 0 Å². The summed E-state index contributed by atoms with van der Waals surface area (Å²) in [6, 6.07) is 17.8. The molecule has 1 heterocycles. The zero-order chi connectivity index (χ0) is 13.9. The van der Waals surface area contributed by atoms with Crippen molar-refractivity contribution in [3.8, 4) is 0 Å². The SMILES string of the molecule is O=C(O)C[C@@H](c1cccc2ccccc12)n1cccc1. The van der Waals surface area contributed by atoms with Crippen molar-refractivity contribution < 1.29 is 9.90 Å². The molecule has 0 unspecified atom stereocenters. The average molecular weight is 265 g/mol. The fourth-order valence-corrected chi connectivity index (χ4v) is 2.64. The van der Waals surface area contributed by atoms with E-state index in [-0.39, 0.29) is 12.5 Å². The van der Waals surface area contributed by atoms with Gasteiger partial charge in [0.05, 0.1) is 12.5 Å². The number of aliphatic carboxylic acids is 1. The van der Waals surface area contributed by atoms with E-state index in [0.717, 1.165) is 16.3 Å². The van der Waals surface area contributed by atoms with Crippen LogP contribution in [0.15, 0.2) is 67.0 Å². The summed E-state index contributed by atoms with van der Waals surface area (Å²) in [5.74, 6) is -0.795. The maximum absolute atomic E-state index is 11.2. The molecule has 3 rings (SSSR count). The summed E-state index contributed by atoms with van der Waals surface area (Å²) < 4.78 is 1.95. The van der Waals surface area contributed by atoms with Crippen LogP contribution in [0.25, 0.3) is 10.8 Å². The predicted octanol–water partition coefficient (Wildman–Crippen LogP) is 3.71. The number of carboxylic acids is 1. The van der Waals surface area contributed by atoms with Gasteiger partial charge in [0.25, 0.3) is 0 Å². The molecule has 0 fully saturated rings. The third-order valence-electron chi connectivity index (χ3n) is 3.54. The molecule has 0 amide bonds.